The summed E-state index contributed by atoms with van der Waals surface area (Å²) in [4.78, 5) is 6.51. The van der Waals surface area contributed by atoms with E-state index in [1.54, 1.807) is 6.07 Å². The van der Waals surface area contributed by atoms with E-state index in [9.17, 15) is 5.11 Å². The zero-order chi connectivity index (χ0) is 20.6. The highest BCUT2D eigenvalue weighted by atomic mass is 127. The van der Waals surface area contributed by atoms with Crippen LogP contribution in [0.25, 0.3) is 54.7 Å². The van der Waals surface area contributed by atoms with Crippen LogP contribution in [-0.2, 0) is 0 Å². The van der Waals surface area contributed by atoms with Crippen LogP contribution < -0.4 is 0 Å². The third kappa shape index (κ3) is 2.46. The summed E-state index contributed by atoms with van der Waals surface area (Å²) in [5, 5.41) is 13.6. The van der Waals surface area contributed by atoms with Crippen LogP contribution in [0.2, 0.25) is 0 Å². The first-order valence-electron chi connectivity index (χ1n) is 9.35. The number of H-pyrrole nitrogens is 2. The number of phenols is 1. The number of benzene rings is 4. The molecule has 2 aromatic heterocycles. The molecule has 3 N–H and O–H groups in total. The number of fused-ring (bicyclic) bond motifs is 6. The van der Waals surface area contributed by atoms with Crippen LogP contribution in [0.15, 0.2) is 60.7 Å². The Morgan fingerprint density at radius 3 is 1.93 bits per heavy atom. The lowest BCUT2D eigenvalue weighted by Gasteiger charge is -2.06. The molecule has 0 amide bonds. The second kappa shape index (κ2) is 6.58. The molecule has 0 saturated carbocycles. The normalized spacial score (nSPS) is 12.0. The largest absolute Gasteiger partial charge is 0.507 e. The van der Waals surface area contributed by atoms with Crippen LogP contribution >= 0.6 is 45.2 Å². The second-order valence-electron chi connectivity index (χ2n) is 7.32. The number of aromatic hydroxyl groups is 1. The zero-order valence-corrected chi connectivity index (χ0v) is 19.7. The van der Waals surface area contributed by atoms with E-state index in [1.807, 2.05) is 30.3 Å². The number of hydrogen-bond acceptors (Lipinski definition) is 1. The fourth-order valence-corrected chi connectivity index (χ4v) is 5.77. The van der Waals surface area contributed by atoms with Gasteiger partial charge < -0.3 is 15.1 Å². The zero-order valence-electron chi connectivity index (χ0n) is 15.4. The first kappa shape index (κ1) is 18.4. The van der Waals surface area contributed by atoms with Crippen molar-refractivity contribution < 1.29 is 9.50 Å². The average Bonchev–Trinajstić information content (AvgIpc) is 3.32. The summed E-state index contributed by atoms with van der Waals surface area (Å²) in [6, 6.07) is 19.9. The molecule has 0 aliphatic carbocycles. The Labute approximate surface area is 197 Å². The fraction of sp³-hybridized carbons (Fsp3) is 0. The van der Waals surface area contributed by atoms with Crippen molar-refractivity contribution in [1.29, 1.82) is 0 Å². The molecule has 0 fully saturated rings. The lowest BCUT2D eigenvalue weighted by Crippen LogP contribution is -1.84. The van der Waals surface area contributed by atoms with E-state index in [0.717, 1.165) is 47.3 Å². The van der Waals surface area contributed by atoms with Crippen molar-refractivity contribution in [3.63, 3.8) is 0 Å². The molecule has 0 spiro atoms. The van der Waals surface area contributed by atoms with Crippen molar-refractivity contribution >= 4 is 88.8 Å². The highest BCUT2D eigenvalue weighted by Crippen LogP contribution is 2.40. The Balaban J connectivity index is 1.72. The van der Waals surface area contributed by atoms with Crippen molar-refractivity contribution in [3.8, 4) is 16.9 Å². The predicted molar refractivity (Wildman–Crippen MR) is 138 cm³/mol. The van der Waals surface area contributed by atoms with Gasteiger partial charge in [0.2, 0.25) is 0 Å². The number of aromatic amines is 2. The predicted octanol–water partition coefficient (Wildman–Crippen LogP) is 7.68. The quantitative estimate of drug-likeness (QED) is 0.163. The third-order valence-corrected chi connectivity index (χ3v) is 7.91. The van der Waals surface area contributed by atoms with Crippen LogP contribution in [-0.4, -0.2) is 15.1 Å². The minimum Gasteiger partial charge on any atom is -0.507 e. The van der Waals surface area contributed by atoms with E-state index >= 15 is 4.39 Å². The maximum Gasteiger partial charge on any atom is 0.171 e. The van der Waals surface area contributed by atoms with Crippen molar-refractivity contribution in [2.75, 3.05) is 0 Å². The average molecular weight is 618 g/mol. The van der Waals surface area contributed by atoms with Gasteiger partial charge in [0.05, 0.1) is 25.6 Å². The molecule has 0 radical (unpaired) electrons. The summed E-state index contributed by atoms with van der Waals surface area (Å²) < 4.78 is 17.4. The Morgan fingerprint density at radius 1 is 0.667 bits per heavy atom. The van der Waals surface area contributed by atoms with E-state index in [-0.39, 0.29) is 11.6 Å². The summed E-state index contributed by atoms with van der Waals surface area (Å²) in [5.41, 5.74) is 4.89. The van der Waals surface area contributed by atoms with Gasteiger partial charge in [0.15, 0.2) is 5.82 Å². The van der Waals surface area contributed by atoms with E-state index in [0.29, 0.717) is 14.6 Å². The van der Waals surface area contributed by atoms with Gasteiger partial charge in [0, 0.05) is 25.1 Å². The monoisotopic (exact) mass is 618 g/mol. The highest BCUT2D eigenvalue weighted by Gasteiger charge is 2.19. The Hall–Kier alpha value is -2.33. The molecular weight excluding hydrogens is 605 g/mol. The lowest BCUT2D eigenvalue weighted by molar-refractivity contribution is 0.472. The van der Waals surface area contributed by atoms with Gasteiger partial charge in [-0.15, -0.1) is 0 Å². The molecule has 30 heavy (non-hydrogen) atoms. The minimum absolute atomic E-state index is 0.189. The molecule has 4 aromatic carbocycles. The number of hydrogen-bond donors (Lipinski definition) is 3. The van der Waals surface area contributed by atoms with Gasteiger partial charge in [-0.3, -0.25) is 0 Å². The van der Waals surface area contributed by atoms with E-state index in [4.69, 9.17) is 0 Å². The van der Waals surface area contributed by atoms with Crippen molar-refractivity contribution in [3.05, 3.63) is 73.6 Å². The van der Waals surface area contributed by atoms with Gasteiger partial charge in [-0.25, -0.2) is 4.39 Å². The molecule has 6 heteroatoms. The number of halogens is 3. The molecule has 0 saturated heterocycles. The molecule has 0 aliphatic rings. The first-order chi connectivity index (χ1) is 14.5. The lowest BCUT2D eigenvalue weighted by atomic mass is 10.0. The molecule has 6 rings (SSSR count). The van der Waals surface area contributed by atoms with Gasteiger partial charge in [-0.05, 0) is 74.5 Å². The number of aromatic nitrogens is 2. The van der Waals surface area contributed by atoms with Crippen LogP contribution in [0.5, 0.6) is 5.75 Å². The molecule has 0 bridgehead atoms. The van der Waals surface area contributed by atoms with Crippen LogP contribution in [0.3, 0.4) is 0 Å². The Bertz CT molecular complexity index is 1630. The third-order valence-electron chi connectivity index (χ3n) is 5.70. The smallest absolute Gasteiger partial charge is 0.171 e. The molecule has 0 unspecified atom stereocenters. The van der Waals surface area contributed by atoms with Gasteiger partial charge >= 0.3 is 0 Å². The molecule has 3 nitrogen and oxygen atoms in total. The molecule has 2 heterocycles. The van der Waals surface area contributed by atoms with E-state index < -0.39 is 0 Å². The van der Waals surface area contributed by atoms with Gasteiger partial charge in [-0.2, -0.15) is 0 Å². The fourth-order valence-electron chi connectivity index (χ4n) is 4.24. The maximum absolute atomic E-state index is 15.6. The minimum atomic E-state index is -0.303. The summed E-state index contributed by atoms with van der Waals surface area (Å²) in [6.07, 6.45) is 0. The number of nitrogens with one attached hydrogen (secondary N) is 2. The van der Waals surface area contributed by atoms with Gasteiger partial charge in [0.25, 0.3) is 0 Å². The molecular formula is C24H13FI2N2O. The molecule has 0 aliphatic heterocycles. The van der Waals surface area contributed by atoms with Crippen molar-refractivity contribution in [1.82, 2.24) is 9.97 Å². The Kier molecular flexibility index (Phi) is 4.05. The van der Waals surface area contributed by atoms with Crippen molar-refractivity contribution in [2.24, 2.45) is 0 Å². The Morgan fingerprint density at radius 2 is 1.27 bits per heavy atom. The standard InChI is InChI=1S/C24H13FI2N2O/c25-18-21-15(10-16-14-8-9-17(30)20(27)24(14)29-22(16)18)13-7-6-12(19(26)23(13)28-21)11-4-2-1-3-5-11/h1-10,28-30H. The van der Waals surface area contributed by atoms with E-state index in [2.05, 4.69) is 79.4 Å². The molecule has 0 atom stereocenters. The number of rotatable bonds is 1. The topological polar surface area (TPSA) is 51.8 Å². The summed E-state index contributed by atoms with van der Waals surface area (Å²) in [7, 11) is 0. The van der Waals surface area contributed by atoms with Gasteiger partial charge in [-0.1, -0.05) is 42.5 Å². The first-order valence-corrected chi connectivity index (χ1v) is 11.5. The van der Waals surface area contributed by atoms with Gasteiger partial charge in [0.1, 0.15) is 5.75 Å². The van der Waals surface area contributed by atoms with Crippen LogP contribution in [0.1, 0.15) is 0 Å². The van der Waals surface area contributed by atoms with Crippen molar-refractivity contribution in [2.45, 2.75) is 0 Å². The molecule has 146 valence electrons. The highest BCUT2D eigenvalue weighted by molar-refractivity contribution is 14.1. The second-order valence-corrected chi connectivity index (χ2v) is 9.48. The number of phenolic OH excluding ortho intramolecular Hbond substituents is 1. The summed E-state index contributed by atoms with van der Waals surface area (Å²) in [5.74, 6) is -0.115. The molecule has 6 aromatic rings. The summed E-state index contributed by atoms with van der Waals surface area (Å²) >= 11 is 4.42. The summed E-state index contributed by atoms with van der Waals surface area (Å²) in [6.45, 7) is 0. The van der Waals surface area contributed by atoms with Crippen LogP contribution in [0, 0.1) is 13.0 Å². The maximum atomic E-state index is 15.6. The SMILES string of the molecule is Oc1ccc2c([nH]c3c(F)c4[nH]c5c(I)c(-c6ccccc6)ccc5c4cc32)c1I. The van der Waals surface area contributed by atoms with Crippen LogP contribution in [0.4, 0.5) is 4.39 Å². The van der Waals surface area contributed by atoms with E-state index in [1.165, 1.54) is 0 Å².